The third kappa shape index (κ3) is 2.95. The van der Waals surface area contributed by atoms with Crippen molar-refractivity contribution in [3.8, 4) is 6.07 Å². The Morgan fingerprint density at radius 1 is 1.56 bits per heavy atom. The Labute approximate surface area is 113 Å². The minimum atomic E-state index is 0.534. The summed E-state index contributed by atoms with van der Waals surface area (Å²) in [6.45, 7) is 5.07. The molecule has 0 spiro atoms. The Morgan fingerprint density at radius 3 is 3.00 bits per heavy atom. The zero-order valence-corrected chi connectivity index (χ0v) is 11.4. The fourth-order valence-electron chi connectivity index (χ4n) is 2.45. The molecule has 1 saturated heterocycles. The topological polar surface area (TPSA) is 39.1 Å². The van der Waals surface area contributed by atoms with Gasteiger partial charge < -0.3 is 10.2 Å². The molecule has 1 N–H and O–H groups in total. The van der Waals surface area contributed by atoms with E-state index in [-0.39, 0.29) is 0 Å². The number of rotatable bonds is 4. The monoisotopic (exact) mass is 263 g/mol. The van der Waals surface area contributed by atoms with Gasteiger partial charge >= 0.3 is 0 Å². The maximum Gasteiger partial charge on any atom is 0.101 e. The van der Waals surface area contributed by atoms with E-state index in [0.29, 0.717) is 16.6 Å². The average molecular weight is 264 g/mol. The van der Waals surface area contributed by atoms with E-state index in [1.807, 2.05) is 12.1 Å². The molecule has 1 aliphatic heterocycles. The predicted octanol–water partition coefficient (Wildman–Crippen LogP) is 2.79. The van der Waals surface area contributed by atoms with Crippen molar-refractivity contribution >= 4 is 17.3 Å². The second-order valence-electron chi connectivity index (χ2n) is 4.61. The molecule has 0 aliphatic carbocycles. The van der Waals surface area contributed by atoms with Crippen LogP contribution in [-0.4, -0.2) is 25.7 Å². The van der Waals surface area contributed by atoms with E-state index in [1.54, 1.807) is 6.07 Å². The molecule has 2 rings (SSSR count). The van der Waals surface area contributed by atoms with Crippen LogP contribution in [0.2, 0.25) is 5.02 Å². The van der Waals surface area contributed by atoms with Crippen LogP contribution in [-0.2, 0) is 0 Å². The molecule has 0 amide bonds. The first-order valence-corrected chi connectivity index (χ1v) is 6.80. The van der Waals surface area contributed by atoms with Crippen LogP contribution in [0, 0.1) is 11.3 Å². The van der Waals surface area contributed by atoms with Crippen LogP contribution in [0.25, 0.3) is 0 Å². The van der Waals surface area contributed by atoms with Crippen molar-refractivity contribution in [1.29, 1.82) is 5.26 Å². The van der Waals surface area contributed by atoms with E-state index in [0.717, 1.165) is 25.3 Å². The van der Waals surface area contributed by atoms with Gasteiger partial charge in [0.15, 0.2) is 0 Å². The lowest BCUT2D eigenvalue weighted by Gasteiger charge is -2.27. The van der Waals surface area contributed by atoms with Crippen LogP contribution in [0.3, 0.4) is 0 Å². The standard InChI is InChI=1S/C14H18ClN3/c1-2-18(10-13-4-3-7-17-13)14-6-5-12(15)8-11(14)9-16/h5-6,8,13,17H,2-4,7,10H2,1H3. The Kier molecular flexibility index (Phi) is 4.46. The van der Waals surface area contributed by atoms with Crippen molar-refractivity contribution in [3.63, 3.8) is 0 Å². The number of halogens is 1. The van der Waals surface area contributed by atoms with E-state index in [1.165, 1.54) is 12.8 Å². The highest BCUT2D eigenvalue weighted by Crippen LogP contribution is 2.24. The lowest BCUT2D eigenvalue weighted by molar-refractivity contribution is 0.586. The van der Waals surface area contributed by atoms with Gasteiger partial charge in [0.25, 0.3) is 0 Å². The summed E-state index contributed by atoms with van der Waals surface area (Å²) >= 11 is 5.93. The zero-order valence-electron chi connectivity index (χ0n) is 10.6. The SMILES string of the molecule is CCN(CC1CCCN1)c1ccc(Cl)cc1C#N. The molecular weight excluding hydrogens is 246 g/mol. The minimum absolute atomic E-state index is 0.534. The van der Waals surface area contributed by atoms with Crippen LogP contribution in [0.15, 0.2) is 18.2 Å². The van der Waals surface area contributed by atoms with Crippen molar-refractivity contribution in [2.45, 2.75) is 25.8 Å². The summed E-state index contributed by atoms with van der Waals surface area (Å²) in [5.74, 6) is 0. The molecule has 4 heteroatoms. The van der Waals surface area contributed by atoms with Gasteiger partial charge in [0.2, 0.25) is 0 Å². The number of benzene rings is 1. The average Bonchev–Trinajstić information content (AvgIpc) is 2.89. The van der Waals surface area contributed by atoms with Gasteiger partial charge in [-0.3, -0.25) is 0 Å². The molecule has 96 valence electrons. The Morgan fingerprint density at radius 2 is 2.39 bits per heavy atom. The lowest BCUT2D eigenvalue weighted by Crippen LogP contribution is -2.37. The van der Waals surface area contributed by atoms with E-state index in [2.05, 4.69) is 23.2 Å². The zero-order chi connectivity index (χ0) is 13.0. The molecule has 1 atom stereocenters. The van der Waals surface area contributed by atoms with Crippen LogP contribution in [0.5, 0.6) is 0 Å². The first kappa shape index (κ1) is 13.2. The van der Waals surface area contributed by atoms with E-state index >= 15 is 0 Å². The number of nitrogens with one attached hydrogen (secondary N) is 1. The van der Waals surface area contributed by atoms with Gasteiger partial charge in [-0.2, -0.15) is 5.26 Å². The summed E-state index contributed by atoms with van der Waals surface area (Å²) < 4.78 is 0. The molecule has 0 aromatic heterocycles. The van der Waals surface area contributed by atoms with Gasteiger partial charge in [-0.1, -0.05) is 11.6 Å². The van der Waals surface area contributed by atoms with Gasteiger partial charge in [0.1, 0.15) is 6.07 Å². The number of nitriles is 1. The van der Waals surface area contributed by atoms with Crippen LogP contribution < -0.4 is 10.2 Å². The highest BCUT2D eigenvalue weighted by Gasteiger charge is 2.19. The molecular formula is C14H18ClN3. The summed E-state index contributed by atoms with van der Waals surface area (Å²) in [7, 11) is 0. The molecule has 18 heavy (non-hydrogen) atoms. The highest BCUT2D eigenvalue weighted by atomic mass is 35.5. The van der Waals surface area contributed by atoms with Crippen LogP contribution >= 0.6 is 11.6 Å². The van der Waals surface area contributed by atoms with E-state index in [9.17, 15) is 5.26 Å². The summed E-state index contributed by atoms with van der Waals surface area (Å²) in [5, 5.41) is 13.3. The first-order chi connectivity index (χ1) is 8.74. The molecule has 0 radical (unpaired) electrons. The molecule has 1 fully saturated rings. The summed E-state index contributed by atoms with van der Waals surface area (Å²) in [6, 6.07) is 8.30. The molecule has 1 aromatic rings. The number of likely N-dealkylation sites (N-methyl/N-ethyl adjacent to an activating group) is 1. The Balaban J connectivity index is 2.18. The normalized spacial score (nSPS) is 18.6. The van der Waals surface area contributed by atoms with Crippen LogP contribution in [0.4, 0.5) is 5.69 Å². The van der Waals surface area contributed by atoms with Gasteiger partial charge in [-0.15, -0.1) is 0 Å². The third-order valence-corrected chi connectivity index (χ3v) is 3.64. The summed E-state index contributed by atoms with van der Waals surface area (Å²) in [5.41, 5.74) is 1.64. The van der Waals surface area contributed by atoms with Crippen molar-refractivity contribution in [3.05, 3.63) is 28.8 Å². The quantitative estimate of drug-likeness (QED) is 0.908. The number of nitrogens with zero attached hydrogens (tertiary/aromatic N) is 2. The second kappa shape index (κ2) is 6.08. The summed E-state index contributed by atoms with van der Waals surface area (Å²) in [6.07, 6.45) is 2.46. The molecule has 0 bridgehead atoms. The fraction of sp³-hybridized carbons (Fsp3) is 0.500. The molecule has 1 aliphatic rings. The lowest BCUT2D eigenvalue weighted by atomic mass is 10.1. The van der Waals surface area contributed by atoms with Gasteiger partial charge in [-0.05, 0) is 44.5 Å². The Bertz CT molecular complexity index is 447. The highest BCUT2D eigenvalue weighted by molar-refractivity contribution is 6.30. The second-order valence-corrected chi connectivity index (χ2v) is 5.04. The van der Waals surface area contributed by atoms with Crippen molar-refractivity contribution in [2.24, 2.45) is 0 Å². The third-order valence-electron chi connectivity index (χ3n) is 3.40. The van der Waals surface area contributed by atoms with Gasteiger partial charge in [-0.25, -0.2) is 0 Å². The predicted molar refractivity (Wildman–Crippen MR) is 75.1 cm³/mol. The molecule has 1 unspecified atom stereocenters. The number of hydrogen-bond donors (Lipinski definition) is 1. The molecule has 1 heterocycles. The molecule has 1 aromatic carbocycles. The molecule has 3 nitrogen and oxygen atoms in total. The maximum absolute atomic E-state index is 9.20. The number of anilines is 1. The fourth-order valence-corrected chi connectivity index (χ4v) is 2.62. The number of hydrogen-bond acceptors (Lipinski definition) is 3. The smallest absolute Gasteiger partial charge is 0.101 e. The van der Waals surface area contributed by atoms with Crippen molar-refractivity contribution in [1.82, 2.24) is 5.32 Å². The van der Waals surface area contributed by atoms with Crippen molar-refractivity contribution in [2.75, 3.05) is 24.5 Å². The largest absolute Gasteiger partial charge is 0.369 e. The van der Waals surface area contributed by atoms with E-state index in [4.69, 9.17) is 11.6 Å². The van der Waals surface area contributed by atoms with Crippen LogP contribution in [0.1, 0.15) is 25.3 Å². The maximum atomic E-state index is 9.20. The Hall–Kier alpha value is -1.24. The van der Waals surface area contributed by atoms with E-state index < -0.39 is 0 Å². The van der Waals surface area contributed by atoms with Crippen molar-refractivity contribution < 1.29 is 0 Å². The minimum Gasteiger partial charge on any atom is -0.369 e. The first-order valence-electron chi connectivity index (χ1n) is 6.42. The molecule has 0 saturated carbocycles. The van der Waals surface area contributed by atoms with Gasteiger partial charge in [0, 0.05) is 24.2 Å². The van der Waals surface area contributed by atoms with Gasteiger partial charge in [0.05, 0.1) is 11.3 Å². The summed E-state index contributed by atoms with van der Waals surface area (Å²) in [4.78, 5) is 2.25.